The number of aromatic amines is 1. The average Bonchev–Trinajstić information content (AvgIpc) is 2.87. The molecule has 2 heterocycles. The Bertz CT molecular complexity index is 469. The Morgan fingerprint density at radius 2 is 2.37 bits per heavy atom. The molecule has 0 bridgehead atoms. The normalized spacial score (nSPS) is 19.4. The van der Waals surface area contributed by atoms with Crippen LogP contribution in [-0.4, -0.2) is 40.0 Å². The molecule has 2 amide bonds. The van der Waals surface area contributed by atoms with Crippen LogP contribution in [0.25, 0.3) is 0 Å². The number of hydrogen-bond acceptors (Lipinski definition) is 3. The maximum Gasteiger partial charge on any atom is 0.274 e. The number of primary amides is 1. The van der Waals surface area contributed by atoms with Crippen LogP contribution in [0, 0.1) is 5.92 Å². The first-order valence-electron chi connectivity index (χ1n) is 6.74. The number of carbonyl (C=O) groups excluding carboxylic acids is 2. The van der Waals surface area contributed by atoms with Gasteiger partial charge in [-0.1, -0.05) is 13.3 Å². The van der Waals surface area contributed by atoms with Crippen LogP contribution >= 0.6 is 0 Å². The van der Waals surface area contributed by atoms with Gasteiger partial charge in [0.05, 0.1) is 5.92 Å². The number of likely N-dealkylation sites (tertiary alicyclic amines) is 1. The number of aromatic nitrogens is 2. The van der Waals surface area contributed by atoms with Gasteiger partial charge in [0.1, 0.15) is 5.69 Å². The lowest BCUT2D eigenvalue weighted by Crippen LogP contribution is -2.44. The Hall–Kier alpha value is -1.85. The first kappa shape index (κ1) is 13.6. The van der Waals surface area contributed by atoms with E-state index >= 15 is 0 Å². The first-order valence-corrected chi connectivity index (χ1v) is 6.74. The molecule has 1 unspecified atom stereocenters. The van der Waals surface area contributed by atoms with Gasteiger partial charge in [0.2, 0.25) is 5.91 Å². The number of nitrogens with zero attached hydrogens (tertiary/aromatic N) is 2. The molecule has 1 aliphatic rings. The highest BCUT2D eigenvalue weighted by molar-refractivity contribution is 5.93. The second-order valence-corrected chi connectivity index (χ2v) is 5.02. The third kappa shape index (κ3) is 3.13. The molecule has 104 valence electrons. The van der Waals surface area contributed by atoms with Gasteiger partial charge in [-0.05, 0) is 25.3 Å². The minimum Gasteiger partial charge on any atom is -0.369 e. The summed E-state index contributed by atoms with van der Waals surface area (Å²) in [5.74, 6) is -0.678. The molecule has 2 rings (SSSR count). The van der Waals surface area contributed by atoms with Crippen molar-refractivity contribution in [1.82, 2.24) is 15.1 Å². The fourth-order valence-electron chi connectivity index (χ4n) is 2.42. The zero-order valence-corrected chi connectivity index (χ0v) is 11.2. The molecule has 0 aromatic carbocycles. The topological polar surface area (TPSA) is 92.1 Å². The number of hydrogen-bond donors (Lipinski definition) is 2. The zero-order chi connectivity index (χ0) is 13.8. The lowest BCUT2D eigenvalue weighted by Gasteiger charge is -2.30. The Kier molecular flexibility index (Phi) is 4.19. The van der Waals surface area contributed by atoms with E-state index in [1.165, 1.54) is 0 Å². The monoisotopic (exact) mass is 264 g/mol. The summed E-state index contributed by atoms with van der Waals surface area (Å²) >= 11 is 0. The Morgan fingerprint density at radius 1 is 1.58 bits per heavy atom. The van der Waals surface area contributed by atoms with Crippen LogP contribution in [0.4, 0.5) is 0 Å². The van der Waals surface area contributed by atoms with Gasteiger partial charge >= 0.3 is 0 Å². The molecule has 3 N–H and O–H groups in total. The van der Waals surface area contributed by atoms with E-state index in [9.17, 15) is 9.59 Å². The van der Waals surface area contributed by atoms with Crippen molar-refractivity contribution >= 4 is 11.8 Å². The van der Waals surface area contributed by atoms with E-state index in [1.807, 2.05) is 0 Å². The first-order chi connectivity index (χ1) is 9.11. The molecule has 0 saturated carbocycles. The van der Waals surface area contributed by atoms with Crippen molar-refractivity contribution in [2.24, 2.45) is 11.7 Å². The van der Waals surface area contributed by atoms with E-state index in [4.69, 9.17) is 5.73 Å². The molecule has 1 aromatic heterocycles. The van der Waals surface area contributed by atoms with E-state index in [-0.39, 0.29) is 17.7 Å². The molecule has 0 spiro atoms. The molecule has 1 aromatic rings. The van der Waals surface area contributed by atoms with Gasteiger partial charge in [-0.2, -0.15) is 5.10 Å². The Morgan fingerprint density at radius 3 is 3.05 bits per heavy atom. The van der Waals surface area contributed by atoms with E-state index in [2.05, 4.69) is 17.1 Å². The number of aryl methyl sites for hydroxylation is 1. The molecule has 0 aliphatic carbocycles. The van der Waals surface area contributed by atoms with Crippen molar-refractivity contribution in [3.05, 3.63) is 17.5 Å². The standard InChI is InChI=1S/C13H20N4O2/c1-2-4-10-7-11(16-15-10)13(19)17-6-3-5-9(8-17)12(14)18/h7,9H,2-6,8H2,1H3,(H2,14,18)(H,15,16). The number of piperidine rings is 1. The minimum absolute atomic E-state index is 0.121. The van der Waals surface area contributed by atoms with Gasteiger partial charge in [0.15, 0.2) is 0 Å². The second kappa shape index (κ2) is 5.86. The van der Waals surface area contributed by atoms with Gasteiger partial charge in [-0.3, -0.25) is 14.7 Å². The summed E-state index contributed by atoms with van der Waals surface area (Å²) in [6, 6.07) is 1.79. The molecular formula is C13H20N4O2. The lowest BCUT2D eigenvalue weighted by molar-refractivity contribution is -0.123. The molecule has 6 heteroatoms. The van der Waals surface area contributed by atoms with Gasteiger partial charge < -0.3 is 10.6 Å². The van der Waals surface area contributed by atoms with Crippen molar-refractivity contribution in [2.75, 3.05) is 13.1 Å². The van der Waals surface area contributed by atoms with Crippen LogP contribution in [0.5, 0.6) is 0 Å². The van der Waals surface area contributed by atoms with Crippen LogP contribution in [0.15, 0.2) is 6.07 Å². The van der Waals surface area contributed by atoms with Crippen molar-refractivity contribution in [3.63, 3.8) is 0 Å². The highest BCUT2D eigenvalue weighted by atomic mass is 16.2. The fraction of sp³-hybridized carbons (Fsp3) is 0.615. The summed E-state index contributed by atoms with van der Waals surface area (Å²) in [7, 11) is 0. The Balaban J connectivity index is 2.03. The minimum atomic E-state index is -0.328. The van der Waals surface area contributed by atoms with Gasteiger partial charge in [0.25, 0.3) is 5.91 Å². The van der Waals surface area contributed by atoms with Crippen molar-refractivity contribution in [3.8, 4) is 0 Å². The third-order valence-electron chi connectivity index (χ3n) is 3.48. The highest BCUT2D eigenvalue weighted by Gasteiger charge is 2.28. The molecule has 1 fully saturated rings. The van der Waals surface area contributed by atoms with Crippen molar-refractivity contribution in [1.29, 1.82) is 0 Å². The van der Waals surface area contributed by atoms with Crippen LogP contribution in [-0.2, 0) is 11.2 Å². The van der Waals surface area contributed by atoms with Crippen LogP contribution in [0.2, 0.25) is 0 Å². The lowest BCUT2D eigenvalue weighted by atomic mass is 9.97. The van der Waals surface area contributed by atoms with Crippen LogP contribution in [0.1, 0.15) is 42.4 Å². The molecule has 0 radical (unpaired) electrons. The number of H-pyrrole nitrogens is 1. The van der Waals surface area contributed by atoms with Crippen molar-refractivity contribution in [2.45, 2.75) is 32.6 Å². The largest absolute Gasteiger partial charge is 0.369 e. The number of nitrogens with one attached hydrogen (secondary N) is 1. The van der Waals surface area contributed by atoms with Gasteiger partial charge in [0, 0.05) is 18.8 Å². The number of rotatable bonds is 4. The van der Waals surface area contributed by atoms with Gasteiger partial charge in [-0.15, -0.1) is 0 Å². The molecule has 6 nitrogen and oxygen atoms in total. The Labute approximate surface area is 112 Å². The summed E-state index contributed by atoms with van der Waals surface area (Å²) in [6.07, 6.45) is 3.46. The van der Waals surface area contributed by atoms with E-state index < -0.39 is 0 Å². The maximum atomic E-state index is 12.3. The van der Waals surface area contributed by atoms with E-state index in [0.717, 1.165) is 31.4 Å². The van der Waals surface area contributed by atoms with E-state index in [0.29, 0.717) is 18.8 Å². The third-order valence-corrected chi connectivity index (χ3v) is 3.48. The summed E-state index contributed by atoms with van der Waals surface area (Å²) < 4.78 is 0. The molecule has 1 saturated heterocycles. The predicted octanol–water partition coefficient (Wildman–Crippen LogP) is 0.700. The number of carbonyl (C=O) groups is 2. The summed E-state index contributed by atoms with van der Waals surface area (Å²) in [5, 5.41) is 6.92. The predicted molar refractivity (Wildman–Crippen MR) is 70.4 cm³/mol. The fourth-order valence-corrected chi connectivity index (χ4v) is 2.42. The zero-order valence-electron chi connectivity index (χ0n) is 11.2. The average molecular weight is 264 g/mol. The SMILES string of the molecule is CCCc1cc(C(=O)N2CCCC(C(N)=O)C2)n[nH]1. The molecule has 1 atom stereocenters. The number of amides is 2. The van der Waals surface area contributed by atoms with Gasteiger partial charge in [-0.25, -0.2) is 0 Å². The second-order valence-electron chi connectivity index (χ2n) is 5.02. The molecule has 19 heavy (non-hydrogen) atoms. The van der Waals surface area contributed by atoms with Crippen molar-refractivity contribution < 1.29 is 9.59 Å². The van der Waals surface area contributed by atoms with E-state index in [1.54, 1.807) is 11.0 Å². The smallest absolute Gasteiger partial charge is 0.274 e. The number of nitrogens with two attached hydrogens (primary N) is 1. The molecule has 1 aliphatic heterocycles. The quantitative estimate of drug-likeness (QED) is 0.838. The summed E-state index contributed by atoms with van der Waals surface area (Å²) in [5.41, 5.74) is 6.70. The highest BCUT2D eigenvalue weighted by Crippen LogP contribution is 2.18. The molecular weight excluding hydrogens is 244 g/mol. The maximum absolute atomic E-state index is 12.3. The summed E-state index contributed by atoms with van der Waals surface area (Å²) in [6.45, 7) is 3.15. The summed E-state index contributed by atoms with van der Waals surface area (Å²) in [4.78, 5) is 25.2. The van der Waals surface area contributed by atoms with Crippen LogP contribution in [0.3, 0.4) is 0 Å². The van der Waals surface area contributed by atoms with Crippen LogP contribution < -0.4 is 5.73 Å².